The van der Waals surface area contributed by atoms with Crippen LogP contribution in [0, 0.1) is 0 Å². The molecule has 24 heavy (non-hydrogen) atoms. The van der Waals surface area contributed by atoms with Crippen molar-refractivity contribution in [3.8, 4) is 0 Å². The summed E-state index contributed by atoms with van der Waals surface area (Å²) in [6.07, 6.45) is 1.12. The van der Waals surface area contributed by atoms with E-state index in [4.69, 9.17) is 0 Å². The van der Waals surface area contributed by atoms with Crippen LogP contribution in [0.4, 0.5) is 11.4 Å². The van der Waals surface area contributed by atoms with Gasteiger partial charge in [0.25, 0.3) is 66.0 Å². The van der Waals surface area contributed by atoms with Crippen molar-refractivity contribution in [1.29, 1.82) is 0 Å². The molecule has 6 heteroatoms. The average Bonchev–Trinajstić information content (AvgIpc) is 2.74. The van der Waals surface area contributed by atoms with Crippen molar-refractivity contribution >= 4 is 77.4 Å². The number of benzene rings is 2. The lowest BCUT2D eigenvalue weighted by atomic mass is 9.75. The van der Waals surface area contributed by atoms with Crippen molar-refractivity contribution in [2.24, 2.45) is 0 Å². The summed E-state index contributed by atoms with van der Waals surface area (Å²) >= 11 is 10.8. The maximum absolute atomic E-state index is 2.71. The Kier molecular flexibility index (Phi) is 5.30. The van der Waals surface area contributed by atoms with Gasteiger partial charge in [0.1, 0.15) is 0 Å². The highest BCUT2D eigenvalue weighted by atomic mass is 27.1. The van der Waals surface area contributed by atoms with Gasteiger partial charge in [-0.2, -0.15) is 0 Å². The minimum absolute atomic E-state index is 0.0507. The number of nitrogens with zero attached hydrogens (tertiary/aromatic N) is 2. The zero-order chi connectivity index (χ0) is 17.7. The Hall–Kier alpha value is 0.170. The Bertz CT molecular complexity index is 756. The molecule has 1 aliphatic rings. The monoisotopic (exact) mass is 370 g/mol. The molecule has 1 atom stereocenters. The standard InChI is InChI=1S/C18H18N2.4Al/c1-17(2)11-18(3,12-4-6-13(19)7-5-12)15-9-8-14(20)10-16(15)17;;;;/h4-10H,11H2,1-3H3;;;;. The molecular formula is C18H18Al4N2. The molecule has 0 saturated heterocycles. The molecule has 0 saturated carbocycles. The second-order valence-electron chi connectivity index (χ2n) is 7.48. The van der Waals surface area contributed by atoms with E-state index in [2.05, 4.69) is 129 Å². The molecule has 0 spiro atoms. The van der Waals surface area contributed by atoms with Gasteiger partial charge in [-0.1, -0.05) is 39.0 Å². The highest BCUT2D eigenvalue weighted by molar-refractivity contribution is 6.42. The van der Waals surface area contributed by atoms with Gasteiger partial charge in [0, 0.05) is 5.41 Å². The van der Waals surface area contributed by atoms with E-state index in [0.29, 0.717) is 0 Å². The third-order valence-corrected chi connectivity index (χ3v) is 6.42. The first kappa shape index (κ1) is 18.9. The molecule has 1 unspecified atom stereocenters. The molecule has 1 aliphatic carbocycles. The molecule has 8 radical (unpaired) electrons. The fourth-order valence-electron chi connectivity index (χ4n) is 4.07. The Balaban J connectivity index is 2.10. The molecule has 2 aromatic rings. The Morgan fingerprint density at radius 2 is 1.29 bits per heavy atom. The Morgan fingerprint density at radius 3 is 1.83 bits per heavy atom. The van der Waals surface area contributed by atoms with E-state index in [9.17, 15) is 0 Å². The highest BCUT2D eigenvalue weighted by Crippen LogP contribution is 2.53. The van der Waals surface area contributed by atoms with Gasteiger partial charge >= 0.3 is 0 Å². The van der Waals surface area contributed by atoms with Crippen LogP contribution in [0.5, 0.6) is 0 Å². The number of hydrogen-bond acceptors (Lipinski definition) is 2. The topological polar surface area (TPSA) is 6.48 Å². The lowest BCUT2D eigenvalue weighted by molar-refractivity contribution is 0.425. The van der Waals surface area contributed by atoms with Crippen LogP contribution in [0.25, 0.3) is 0 Å². The predicted octanol–water partition coefficient (Wildman–Crippen LogP) is 2.62. The third kappa shape index (κ3) is 3.26. The number of fused-ring (bicyclic) bond motifs is 1. The fourth-order valence-corrected chi connectivity index (χ4v) is 4.73. The van der Waals surface area contributed by atoms with Crippen molar-refractivity contribution in [1.82, 2.24) is 0 Å². The number of anilines is 2. The molecule has 3 rings (SSSR count). The maximum Gasteiger partial charge on any atom is 0.277 e. The fraction of sp³-hybridized carbons (Fsp3) is 0.333. The zero-order valence-electron chi connectivity index (χ0n) is 14.5. The Labute approximate surface area is 179 Å². The lowest BCUT2D eigenvalue weighted by Crippen LogP contribution is -2.23. The SMILES string of the molecule is CC1(C)CC(C)(c2ccc([N]([Al])[Al])cc2)c2ccc([N]([Al])[Al])cc21. The van der Waals surface area contributed by atoms with Crippen LogP contribution in [-0.2, 0) is 10.8 Å². The van der Waals surface area contributed by atoms with Gasteiger partial charge in [0.15, 0.2) is 0 Å². The number of hydrogen-bond donors (Lipinski definition) is 0. The van der Waals surface area contributed by atoms with Gasteiger partial charge in [0.2, 0.25) is 0 Å². The smallest absolute Gasteiger partial charge is 0.277 e. The quantitative estimate of drug-likeness (QED) is 0.767. The molecule has 2 nitrogen and oxygen atoms in total. The van der Waals surface area contributed by atoms with E-state index in [1.165, 1.54) is 28.1 Å². The lowest BCUT2D eigenvalue weighted by Gasteiger charge is -2.29. The zero-order valence-corrected chi connectivity index (χ0v) is 19.1. The molecular weight excluding hydrogens is 352 g/mol. The van der Waals surface area contributed by atoms with Crippen LogP contribution in [-0.4, -0.2) is 66.0 Å². The average molecular weight is 370 g/mol. The first-order chi connectivity index (χ1) is 11.1. The van der Waals surface area contributed by atoms with E-state index >= 15 is 0 Å². The van der Waals surface area contributed by atoms with Gasteiger partial charge in [-0.25, -0.2) is 0 Å². The van der Waals surface area contributed by atoms with E-state index in [0.717, 1.165) is 6.42 Å². The van der Waals surface area contributed by atoms with Crippen LogP contribution in [0.3, 0.4) is 0 Å². The van der Waals surface area contributed by atoms with Crippen molar-refractivity contribution in [3.63, 3.8) is 0 Å². The summed E-state index contributed by atoms with van der Waals surface area (Å²) < 4.78 is 4.00. The summed E-state index contributed by atoms with van der Waals surface area (Å²) in [6.45, 7) is 7.10. The van der Waals surface area contributed by atoms with Gasteiger partial charge in [-0.3, -0.25) is 0 Å². The molecule has 0 bridgehead atoms. The minimum atomic E-state index is 0.0507. The largest absolute Gasteiger partial charge is 0.587 e. The van der Waals surface area contributed by atoms with E-state index in [-0.39, 0.29) is 10.8 Å². The predicted molar refractivity (Wildman–Crippen MR) is 105 cm³/mol. The summed E-state index contributed by atoms with van der Waals surface area (Å²) in [7, 11) is 0. The highest BCUT2D eigenvalue weighted by Gasteiger charge is 2.45. The van der Waals surface area contributed by atoms with Crippen molar-refractivity contribution in [2.45, 2.75) is 38.0 Å². The normalized spacial score (nSPS) is 21.3. The van der Waals surface area contributed by atoms with Gasteiger partial charge < -0.3 is 5.73 Å². The molecule has 0 aromatic heterocycles. The van der Waals surface area contributed by atoms with Crippen molar-refractivity contribution in [2.75, 3.05) is 5.73 Å². The number of rotatable bonds is 3. The van der Waals surface area contributed by atoms with Gasteiger partial charge in [0.05, 0.1) is 0 Å². The third-order valence-electron chi connectivity index (χ3n) is 5.22. The summed E-state index contributed by atoms with van der Waals surface area (Å²) in [5, 5.41) is 0. The first-order valence-electron chi connectivity index (χ1n) is 8.00. The van der Waals surface area contributed by atoms with E-state index < -0.39 is 0 Å². The second-order valence-corrected chi connectivity index (χ2v) is 10.9. The molecule has 112 valence electrons. The van der Waals surface area contributed by atoms with Crippen LogP contribution in [0.2, 0.25) is 0 Å². The van der Waals surface area contributed by atoms with Crippen molar-refractivity contribution in [3.05, 3.63) is 59.2 Å². The van der Waals surface area contributed by atoms with E-state index in [1.54, 1.807) is 0 Å². The maximum atomic E-state index is 2.71. The minimum Gasteiger partial charge on any atom is -0.587 e. The molecule has 0 heterocycles. The van der Waals surface area contributed by atoms with Crippen LogP contribution >= 0.6 is 0 Å². The molecule has 0 amide bonds. The molecule has 0 fully saturated rings. The summed E-state index contributed by atoms with van der Waals surface area (Å²) in [5.41, 5.74) is 6.89. The summed E-state index contributed by atoms with van der Waals surface area (Å²) in [6, 6.07) is 15.8. The van der Waals surface area contributed by atoms with Crippen LogP contribution < -0.4 is 5.73 Å². The summed E-state index contributed by atoms with van der Waals surface area (Å²) in [5.74, 6) is 0. The van der Waals surface area contributed by atoms with E-state index in [1.807, 2.05) is 5.73 Å². The summed E-state index contributed by atoms with van der Waals surface area (Å²) in [4.78, 5) is 0. The molecule has 0 N–H and O–H groups in total. The molecule has 0 aliphatic heterocycles. The first-order valence-corrected chi connectivity index (χ1v) is 10.1. The van der Waals surface area contributed by atoms with Crippen molar-refractivity contribution < 1.29 is 0 Å². The molecule has 2 aromatic carbocycles. The second kappa shape index (κ2) is 6.72. The van der Waals surface area contributed by atoms with Crippen LogP contribution in [0.1, 0.15) is 43.9 Å². The van der Waals surface area contributed by atoms with Crippen LogP contribution in [0.15, 0.2) is 42.5 Å². The Morgan fingerprint density at radius 1 is 0.750 bits per heavy atom. The van der Waals surface area contributed by atoms with Gasteiger partial charge in [-0.15, -0.1) is 0 Å². The van der Waals surface area contributed by atoms with Gasteiger partial charge in [-0.05, 0) is 64.2 Å².